The molecule has 1 amide bonds. The molecule has 29 heavy (non-hydrogen) atoms. The van der Waals surface area contributed by atoms with E-state index in [1.807, 2.05) is 12.1 Å². The Kier molecular flexibility index (Phi) is 4.94. The largest absolute Gasteiger partial charge is 0.497 e. The Hall–Kier alpha value is -3.38. The van der Waals surface area contributed by atoms with Crippen LogP contribution in [0.4, 0.5) is 5.69 Å². The predicted octanol–water partition coefficient (Wildman–Crippen LogP) is 4.20. The number of methoxy groups -OCH3 is 1. The quantitative estimate of drug-likeness (QED) is 0.611. The van der Waals surface area contributed by atoms with Gasteiger partial charge in [0.15, 0.2) is 5.37 Å². The average molecular weight is 405 g/mol. The van der Waals surface area contributed by atoms with E-state index in [1.54, 1.807) is 79.9 Å². The zero-order chi connectivity index (χ0) is 20.4. The van der Waals surface area contributed by atoms with E-state index >= 15 is 0 Å². The highest BCUT2D eigenvalue weighted by Crippen LogP contribution is 2.43. The Morgan fingerprint density at radius 2 is 1.45 bits per heavy atom. The summed E-state index contributed by atoms with van der Waals surface area (Å²) >= 11 is 0. The van der Waals surface area contributed by atoms with Gasteiger partial charge in [-0.2, -0.15) is 0 Å². The van der Waals surface area contributed by atoms with Gasteiger partial charge in [-0.1, -0.05) is 60.7 Å². The molecule has 0 bridgehead atoms. The lowest BCUT2D eigenvalue weighted by atomic mass is 10.1. The predicted molar refractivity (Wildman–Crippen MR) is 113 cm³/mol. The third kappa shape index (κ3) is 3.43. The van der Waals surface area contributed by atoms with E-state index in [-0.39, 0.29) is 4.91 Å². The molecule has 3 aromatic rings. The molecule has 0 saturated carbocycles. The molecule has 0 aliphatic carbocycles. The molecule has 1 heterocycles. The molecule has 5 nitrogen and oxygen atoms in total. The van der Waals surface area contributed by atoms with E-state index in [0.29, 0.717) is 22.6 Å². The molecule has 3 aromatic carbocycles. The molecule has 0 aromatic heterocycles. The third-order valence-corrected chi connectivity index (χ3v) is 6.77. The summed E-state index contributed by atoms with van der Waals surface area (Å²) in [6.45, 7) is 0. The van der Waals surface area contributed by atoms with Gasteiger partial charge >= 0.3 is 0 Å². The summed E-state index contributed by atoms with van der Waals surface area (Å²) in [5, 5.41) is -1.11. The molecule has 1 aliphatic rings. The fourth-order valence-electron chi connectivity index (χ4n) is 3.39. The van der Waals surface area contributed by atoms with Crippen LogP contribution in [0.2, 0.25) is 0 Å². The molecule has 1 atom stereocenters. The number of rotatable bonds is 4. The summed E-state index contributed by atoms with van der Waals surface area (Å²) in [4.78, 5) is 14.4. The molecule has 1 saturated heterocycles. The number of hydrogen-bond acceptors (Lipinski definition) is 4. The summed E-state index contributed by atoms with van der Waals surface area (Å²) < 4.78 is 32.1. The maximum Gasteiger partial charge on any atom is 0.271 e. The van der Waals surface area contributed by atoms with Gasteiger partial charge in [0.05, 0.1) is 7.11 Å². The van der Waals surface area contributed by atoms with Crippen LogP contribution in [0.5, 0.6) is 5.75 Å². The van der Waals surface area contributed by atoms with Crippen LogP contribution in [0, 0.1) is 0 Å². The molecule has 1 aliphatic heterocycles. The second-order valence-electron chi connectivity index (χ2n) is 6.60. The average Bonchev–Trinajstić information content (AvgIpc) is 2.95. The van der Waals surface area contributed by atoms with Gasteiger partial charge in [0.1, 0.15) is 10.7 Å². The molecule has 0 N–H and O–H groups in total. The van der Waals surface area contributed by atoms with Crippen LogP contribution < -0.4 is 9.64 Å². The van der Waals surface area contributed by atoms with Crippen LogP contribution in [-0.4, -0.2) is 21.4 Å². The molecule has 0 spiro atoms. The number of anilines is 1. The summed E-state index contributed by atoms with van der Waals surface area (Å²) in [5.74, 6) is 0.113. The van der Waals surface area contributed by atoms with Crippen LogP contribution in [0.3, 0.4) is 0 Å². The number of nitrogens with zero attached hydrogens (tertiary/aromatic N) is 1. The molecule has 146 valence electrons. The standard InChI is InChI=1S/C23H19NO4S/c1-28-20-14-12-17(13-15-20)16-21-22(25)24(19-10-6-3-7-11-19)23(29(21,26)27)18-8-4-2-5-9-18/h2-16,23H,1H3/b21-16+. The molecule has 4 rings (SSSR count). The topological polar surface area (TPSA) is 63.7 Å². The van der Waals surface area contributed by atoms with Crippen molar-refractivity contribution in [3.05, 3.63) is 101 Å². The Balaban J connectivity index is 1.87. The van der Waals surface area contributed by atoms with Gasteiger partial charge in [-0.3, -0.25) is 9.69 Å². The maximum absolute atomic E-state index is 13.5. The highest BCUT2D eigenvalue weighted by Gasteiger charge is 2.50. The van der Waals surface area contributed by atoms with Gasteiger partial charge in [-0.05, 0) is 41.5 Å². The van der Waals surface area contributed by atoms with Crippen molar-refractivity contribution in [2.45, 2.75) is 5.37 Å². The van der Waals surface area contributed by atoms with Gasteiger partial charge in [0, 0.05) is 5.69 Å². The van der Waals surface area contributed by atoms with Crippen molar-refractivity contribution in [2.24, 2.45) is 0 Å². The van der Waals surface area contributed by atoms with Crippen LogP contribution in [0.15, 0.2) is 89.8 Å². The first-order valence-corrected chi connectivity index (χ1v) is 10.6. The third-order valence-electron chi connectivity index (χ3n) is 4.80. The lowest BCUT2D eigenvalue weighted by Crippen LogP contribution is -2.28. The van der Waals surface area contributed by atoms with Crippen molar-refractivity contribution in [2.75, 3.05) is 12.0 Å². The van der Waals surface area contributed by atoms with E-state index in [4.69, 9.17) is 4.74 Å². The molecular formula is C23H19NO4S. The number of sulfone groups is 1. The van der Waals surface area contributed by atoms with Crippen LogP contribution in [-0.2, 0) is 14.6 Å². The highest BCUT2D eigenvalue weighted by molar-refractivity contribution is 7.97. The molecular weight excluding hydrogens is 386 g/mol. The fraction of sp³-hybridized carbons (Fsp3) is 0.0870. The maximum atomic E-state index is 13.5. The van der Waals surface area contributed by atoms with Crippen LogP contribution in [0.25, 0.3) is 6.08 Å². The lowest BCUT2D eigenvalue weighted by Gasteiger charge is -2.23. The SMILES string of the molecule is COc1ccc(/C=C2\C(=O)N(c3ccccc3)C(c3ccccc3)S2(=O)=O)cc1. The first-order chi connectivity index (χ1) is 14.0. The number of ether oxygens (including phenoxy) is 1. The number of amides is 1. The van der Waals surface area contributed by atoms with E-state index in [2.05, 4.69) is 0 Å². The van der Waals surface area contributed by atoms with Crippen molar-refractivity contribution in [1.82, 2.24) is 0 Å². The van der Waals surface area contributed by atoms with Gasteiger partial charge in [-0.15, -0.1) is 0 Å². The van der Waals surface area contributed by atoms with Gasteiger partial charge in [0.2, 0.25) is 9.84 Å². The van der Waals surface area contributed by atoms with Crippen molar-refractivity contribution in [3.63, 3.8) is 0 Å². The highest BCUT2D eigenvalue weighted by atomic mass is 32.2. The Bertz CT molecular complexity index is 1150. The fourth-order valence-corrected chi connectivity index (χ4v) is 5.28. The Morgan fingerprint density at radius 1 is 0.862 bits per heavy atom. The van der Waals surface area contributed by atoms with E-state index < -0.39 is 21.1 Å². The second-order valence-corrected chi connectivity index (χ2v) is 8.58. The first kappa shape index (κ1) is 19.0. The number of benzene rings is 3. The lowest BCUT2D eigenvalue weighted by molar-refractivity contribution is -0.114. The minimum absolute atomic E-state index is 0.222. The van der Waals surface area contributed by atoms with Gasteiger partial charge in [0.25, 0.3) is 5.91 Å². The zero-order valence-electron chi connectivity index (χ0n) is 15.7. The van der Waals surface area contributed by atoms with Gasteiger partial charge in [-0.25, -0.2) is 8.42 Å². The number of carbonyl (C=O) groups excluding carboxylic acids is 1. The minimum atomic E-state index is -3.94. The van der Waals surface area contributed by atoms with Crippen molar-refractivity contribution in [3.8, 4) is 5.75 Å². The smallest absolute Gasteiger partial charge is 0.271 e. The van der Waals surface area contributed by atoms with Crippen LogP contribution >= 0.6 is 0 Å². The van der Waals surface area contributed by atoms with Gasteiger partial charge < -0.3 is 4.74 Å². The number of hydrogen-bond donors (Lipinski definition) is 0. The molecule has 6 heteroatoms. The number of para-hydroxylation sites is 1. The monoisotopic (exact) mass is 405 g/mol. The Morgan fingerprint density at radius 3 is 2.03 bits per heavy atom. The summed E-state index contributed by atoms with van der Waals surface area (Å²) in [5.41, 5.74) is 1.69. The molecule has 1 fully saturated rings. The summed E-state index contributed by atoms with van der Waals surface area (Å²) in [6, 6.07) is 24.5. The molecule has 1 unspecified atom stereocenters. The summed E-state index contributed by atoms with van der Waals surface area (Å²) in [7, 11) is -2.38. The van der Waals surface area contributed by atoms with Crippen molar-refractivity contribution in [1.29, 1.82) is 0 Å². The van der Waals surface area contributed by atoms with Crippen molar-refractivity contribution < 1.29 is 17.9 Å². The van der Waals surface area contributed by atoms with Crippen molar-refractivity contribution >= 4 is 27.5 Å². The Labute approximate surface area is 169 Å². The zero-order valence-corrected chi connectivity index (χ0v) is 16.5. The normalized spacial score (nSPS) is 19.5. The van der Waals surface area contributed by atoms with E-state index in [1.165, 1.54) is 11.0 Å². The minimum Gasteiger partial charge on any atom is -0.497 e. The molecule has 0 radical (unpaired) electrons. The van der Waals surface area contributed by atoms with Crippen LogP contribution in [0.1, 0.15) is 16.5 Å². The second kappa shape index (κ2) is 7.56. The van der Waals surface area contributed by atoms with E-state index in [9.17, 15) is 13.2 Å². The summed E-state index contributed by atoms with van der Waals surface area (Å²) in [6.07, 6.45) is 1.43. The first-order valence-electron chi connectivity index (χ1n) is 9.05. The van der Waals surface area contributed by atoms with E-state index in [0.717, 1.165) is 0 Å². The number of carbonyl (C=O) groups is 1.